The fraction of sp³-hybridized carbons (Fsp3) is 0.235. The second-order valence-corrected chi connectivity index (χ2v) is 10.7. The fourth-order valence-electron chi connectivity index (χ4n) is 6.56. The van der Waals surface area contributed by atoms with Crippen molar-refractivity contribution < 1.29 is 19.1 Å². The zero-order chi connectivity index (χ0) is 27.1. The highest BCUT2D eigenvalue weighted by atomic mass is 16.7. The minimum absolute atomic E-state index is 0.0100. The minimum atomic E-state index is -1.37. The molecule has 40 heavy (non-hydrogen) atoms. The molecule has 4 aromatic rings. The Labute approximate surface area is 233 Å². The summed E-state index contributed by atoms with van der Waals surface area (Å²) in [4.78, 5) is 33.1. The lowest BCUT2D eigenvalue weighted by atomic mass is 9.81. The molecule has 3 aliphatic rings. The van der Waals surface area contributed by atoms with Gasteiger partial charge in [0.05, 0.1) is 6.04 Å². The molecule has 6 nitrogen and oxygen atoms in total. The number of nitrogens with zero attached hydrogens (tertiary/aromatic N) is 2. The summed E-state index contributed by atoms with van der Waals surface area (Å²) in [7, 11) is 0. The van der Waals surface area contributed by atoms with Crippen LogP contribution in [0.3, 0.4) is 0 Å². The number of piperazine rings is 1. The van der Waals surface area contributed by atoms with Gasteiger partial charge in [-0.1, -0.05) is 91.0 Å². The van der Waals surface area contributed by atoms with Crippen LogP contribution in [0.2, 0.25) is 0 Å². The summed E-state index contributed by atoms with van der Waals surface area (Å²) in [5, 5.41) is 2.10. The first kappa shape index (κ1) is 24.8. The topological polar surface area (TPSA) is 59.1 Å². The molecule has 0 radical (unpaired) electrons. The van der Waals surface area contributed by atoms with Crippen LogP contribution in [0.4, 0.5) is 0 Å². The Balaban J connectivity index is 1.24. The molecule has 0 amide bonds. The maximum atomic E-state index is 14.3. The third-order valence-corrected chi connectivity index (χ3v) is 8.56. The summed E-state index contributed by atoms with van der Waals surface area (Å²) in [5.74, 6) is 0.558. The molecule has 0 spiro atoms. The first-order valence-electron chi connectivity index (χ1n) is 13.8. The van der Waals surface area contributed by atoms with Crippen molar-refractivity contribution in [1.82, 2.24) is 9.80 Å². The molecule has 1 unspecified atom stereocenters. The number of Topliss-reactive ketones (excluding diaryl/α,β-unsaturated/α-hetero) is 2. The van der Waals surface area contributed by atoms with Gasteiger partial charge in [0.25, 0.3) is 0 Å². The Morgan fingerprint density at radius 2 is 1.38 bits per heavy atom. The van der Waals surface area contributed by atoms with Gasteiger partial charge in [0, 0.05) is 37.3 Å². The van der Waals surface area contributed by atoms with Crippen LogP contribution in [0.15, 0.2) is 109 Å². The average molecular weight is 531 g/mol. The Kier molecular flexibility index (Phi) is 6.22. The van der Waals surface area contributed by atoms with Crippen LogP contribution < -0.4 is 0 Å². The van der Waals surface area contributed by atoms with Gasteiger partial charge in [-0.25, -0.2) is 0 Å². The van der Waals surface area contributed by atoms with Crippen molar-refractivity contribution >= 4 is 22.3 Å². The van der Waals surface area contributed by atoms with Gasteiger partial charge in [0.1, 0.15) is 6.26 Å². The molecule has 2 aliphatic heterocycles. The zero-order valence-electron chi connectivity index (χ0n) is 22.2. The van der Waals surface area contributed by atoms with E-state index in [4.69, 9.17) is 9.47 Å². The monoisotopic (exact) mass is 530 g/mol. The number of hydrogen-bond acceptors (Lipinski definition) is 6. The van der Waals surface area contributed by atoms with Crippen molar-refractivity contribution in [2.45, 2.75) is 18.0 Å². The van der Waals surface area contributed by atoms with Crippen molar-refractivity contribution in [3.05, 3.63) is 131 Å². The molecule has 6 heteroatoms. The molecule has 1 saturated heterocycles. The quantitative estimate of drug-likeness (QED) is 0.320. The highest BCUT2D eigenvalue weighted by Gasteiger charge is 2.58. The minimum Gasteiger partial charge on any atom is -0.462 e. The van der Waals surface area contributed by atoms with Crippen LogP contribution in [0.1, 0.15) is 31.8 Å². The van der Waals surface area contributed by atoms with Crippen molar-refractivity contribution in [3.8, 4) is 0 Å². The van der Waals surface area contributed by atoms with Crippen molar-refractivity contribution in [2.24, 2.45) is 0 Å². The second-order valence-electron chi connectivity index (χ2n) is 10.7. The van der Waals surface area contributed by atoms with E-state index in [1.807, 2.05) is 72.8 Å². The van der Waals surface area contributed by atoms with E-state index in [0.717, 1.165) is 28.5 Å². The molecule has 1 atom stereocenters. The third-order valence-electron chi connectivity index (χ3n) is 8.56. The maximum Gasteiger partial charge on any atom is 0.229 e. The number of ether oxygens (including phenoxy) is 2. The summed E-state index contributed by atoms with van der Waals surface area (Å²) >= 11 is 0. The second kappa shape index (κ2) is 10.0. The van der Waals surface area contributed by atoms with Gasteiger partial charge in [-0.3, -0.25) is 19.4 Å². The van der Waals surface area contributed by atoms with Gasteiger partial charge < -0.3 is 9.47 Å². The molecular weight excluding hydrogens is 500 g/mol. The Morgan fingerprint density at radius 3 is 2.05 bits per heavy atom. The van der Waals surface area contributed by atoms with Crippen LogP contribution in [-0.4, -0.2) is 60.4 Å². The number of fused-ring (bicyclic) bond motifs is 2. The van der Waals surface area contributed by atoms with Gasteiger partial charge in [-0.05, 0) is 34.4 Å². The van der Waals surface area contributed by atoms with E-state index in [0.29, 0.717) is 37.3 Å². The molecule has 7 rings (SSSR count). The van der Waals surface area contributed by atoms with Gasteiger partial charge in [0.15, 0.2) is 22.9 Å². The van der Waals surface area contributed by atoms with Crippen LogP contribution in [0.5, 0.6) is 0 Å². The highest BCUT2D eigenvalue weighted by Crippen LogP contribution is 2.44. The van der Waals surface area contributed by atoms with E-state index in [1.54, 1.807) is 18.4 Å². The SMILES string of the molecule is O=C1c2ccccc2C(=O)C1(c1ccc2ccccc2c1)N1CCN(C(Cc2ccccc2)C2=COCO2)CC1. The number of rotatable bonds is 6. The fourth-order valence-corrected chi connectivity index (χ4v) is 6.56. The molecule has 1 fully saturated rings. The van der Waals surface area contributed by atoms with Gasteiger partial charge >= 0.3 is 0 Å². The lowest BCUT2D eigenvalue weighted by molar-refractivity contribution is 0.0137. The first-order valence-corrected chi connectivity index (χ1v) is 13.8. The Morgan fingerprint density at radius 1 is 0.725 bits per heavy atom. The van der Waals surface area contributed by atoms with E-state index in [9.17, 15) is 9.59 Å². The molecule has 1 aliphatic carbocycles. The zero-order valence-corrected chi connectivity index (χ0v) is 22.2. The van der Waals surface area contributed by atoms with Gasteiger partial charge in [-0.2, -0.15) is 0 Å². The molecule has 0 saturated carbocycles. The van der Waals surface area contributed by atoms with E-state index in [2.05, 4.69) is 21.9 Å². The van der Waals surface area contributed by atoms with Crippen molar-refractivity contribution in [2.75, 3.05) is 33.0 Å². The molecule has 4 aromatic carbocycles. The van der Waals surface area contributed by atoms with E-state index in [-0.39, 0.29) is 24.4 Å². The number of hydrogen-bond donors (Lipinski definition) is 0. The summed E-state index contributed by atoms with van der Waals surface area (Å²) in [6.45, 7) is 2.73. The largest absolute Gasteiger partial charge is 0.462 e. The summed E-state index contributed by atoms with van der Waals surface area (Å²) < 4.78 is 11.3. The Hall–Kier alpha value is -4.26. The van der Waals surface area contributed by atoms with E-state index >= 15 is 0 Å². The van der Waals surface area contributed by atoms with Gasteiger partial charge in [-0.15, -0.1) is 0 Å². The predicted octanol–water partition coefficient (Wildman–Crippen LogP) is 5.19. The Bertz CT molecular complexity index is 1590. The number of carbonyl (C=O) groups excluding carboxylic acids is 2. The smallest absolute Gasteiger partial charge is 0.229 e. The van der Waals surface area contributed by atoms with Crippen molar-refractivity contribution in [3.63, 3.8) is 0 Å². The lowest BCUT2D eigenvalue weighted by Crippen LogP contribution is -2.61. The molecule has 0 bridgehead atoms. The molecular formula is C34H30N2O4. The number of carbonyl (C=O) groups is 2. The van der Waals surface area contributed by atoms with E-state index in [1.165, 1.54) is 5.56 Å². The highest BCUT2D eigenvalue weighted by molar-refractivity contribution is 6.33. The summed E-state index contributed by atoms with van der Waals surface area (Å²) in [6.07, 6.45) is 2.51. The average Bonchev–Trinajstić information content (AvgIpc) is 3.62. The molecule has 2 heterocycles. The normalized spacial score (nSPS) is 19.6. The number of ketones is 2. The van der Waals surface area contributed by atoms with Crippen LogP contribution in [0.25, 0.3) is 10.8 Å². The van der Waals surface area contributed by atoms with Crippen LogP contribution in [0, 0.1) is 0 Å². The van der Waals surface area contributed by atoms with Crippen LogP contribution >= 0.6 is 0 Å². The predicted molar refractivity (Wildman–Crippen MR) is 153 cm³/mol. The molecule has 200 valence electrons. The van der Waals surface area contributed by atoms with Crippen molar-refractivity contribution in [1.29, 1.82) is 0 Å². The third kappa shape index (κ3) is 3.95. The molecule has 0 N–H and O–H groups in total. The summed E-state index contributed by atoms with van der Waals surface area (Å²) in [6, 6.07) is 31.7. The first-order chi connectivity index (χ1) is 19.7. The maximum absolute atomic E-state index is 14.3. The lowest BCUT2D eigenvalue weighted by Gasteiger charge is -2.45. The van der Waals surface area contributed by atoms with Gasteiger partial charge in [0.2, 0.25) is 6.79 Å². The standard InChI is InChI=1S/C34H30N2O4/c37-32-28-12-6-7-13-29(28)33(38)34(32,27-15-14-25-10-4-5-11-26(25)21-27)36-18-16-35(17-19-36)30(31-22-39-23-40-31)20-24-8-2-1-3-9-24/h1-15,21-22,30H,16-20,23H2. The summed E-state index contributed by atoms with van der Waals surface area (Å²) in [5.41, 5.74) is 1.59. The van der Waals surface area contributed by atoms with E-state index < -0.39 is 5.54 Å². The number of benzene rings is 4. The van der Waals surface area contributed by atoms with Crippen LogP contribution in [-0.2, 0) is 21.4 Å². The molecule has 0 aromatic heterocycles.